The number of phenols is 1. The number of carbonyl (C=O) groups excluding carboxylic acids is 1. The Morgan fingerprint density at radius 3 is 2.58 bits per heavy atom. The largest absolute Gasteiger partial charge is 0.513 e. The second-order valence-corrected chi connectivity index (χ2v) is 5.56. The van der Waals surface area contributed by atoms with Crippen molar-refractivity contribution in [2.24, 2.45) is 0 Å². The molecule has 0 fully saturated rings. The number of para-hydroxylation sites is 1. The predicted octanol–water partition coefficient (Wildman–Crippen LogP) is 3.95. The van der Waals surface area contributed by atoms with Crippen LogP contribution in [0.3, 0.4) is 0 Å². The average Bonchev–Trinajstić information content (AvgIpc) is 2.42. The van der Waals surface area contributed by atoms with Crippen molar-refractivity contribution in [2.45, 2.75) is 51.5 Å². The highest BCUT2D eigenvalue weighted by atomic mass is 28.2. The lowest BCUT2D eigenvalue weighted by Crippen LogP contribution is -2.08. The van der Waals surface area contributed by atoms with Crippen LogP contribution in [0.5, 0.6) is 5.75 Å². The van der Waals surface area contributed by atoms with Gasteiger partial charge in [0.15, 0.2) is 0 Å². The number of aromatic hydroxyl groups is 1. The van der Waals surface area contributed by atoms with Crippen LogP contribution in [0.1, 0.15) is 55.8 Å². The molecule has 0 bridgehead atoms. The lowest BCUT2D eigenvalue weighted by atomic mass is 10.1. The highest BCUT2D eigenvalue weighted by Crippen LogP contribution is 2.16. The van der Waals surface area contributed by atoms with Crippen molar-refractivity contribution < 1.29 is 14.3 Å². The quantitative estimate of drug-likeness (QED) is 0.549. The fourth-order valence-electron chi connectivity index (χ4n) is 1.80. The fourth-order valence-corrected chi connectivity index (χ4v) is 2.53. The van der Waals surface area contributed by atoms with Gasteiger partial charge in [-0.3, -0.25) is 0 Å². The molecule has 0 amide bonds. The summed E-state index contributed by atoms with van der Waals surface area (Å²) in [5.41, 5.74) is 0.248. The number of benzene rings is 1. The highest BCUT2D eigenvalue weighted by Gasteiger charge is 2.11. The first-order chi connectivity index (χ1) is 9.25. The molecule has 0 spiro atoms. The lowest BCUT2D eigenvalue weighted by Gasteiger charge is -2.05. The molecule has 0 aliphatic rings. The average molecular weight is 278 g/mol. The molecule has 19 heavy (non-hydrogen) atoms. The van der Waals surface area contributed by atoms with Crippen molar-refractivity contribution >= 4 is 15.7 Å². The maximum Gasteiger partial charge on any atom is 0.328 e. The number of unbranched alkanes of at least 4 members (excludes halogenated alkanes) is 5. The first kappa shape index (κ1) is 15.8. The van der Waals surface area contributed by atoms with Crippen molar-refractivity contribution in [1.29, 1.82) is 0 Å². The van der Waals surface area contributed by atoms with Gasteiger partial charge in [-0.05, 0) is 18.2 Å². The molecule has 2 radical (unpaired) electrons. The predicted molar refractivity (Wildman–Crippen MR) is 77.5 cm³/mol. The van der Waals surface area contributed by atoms with Crippen molar-refractivity contribution in [2.75, 3.05) is 0 Å². The van der Waals surface area contributed by atoms with E-state index in [9.17, 15) is 9.90 Å². The minimum Gasteiger partial charge on any atom is -0.513 e. The van der Waals surface area contributed by atoms with Crippen LogP contribution in [0, 0.1) is 0 Å². The molecular weight excluding hydrogens is 256 g/mol. The SMILES string of the molecule is CCCCCCCC[Si]OC(=O)c1ccccc1O. The molecule has 104 valence electrons. The molecule has 0 saturated carbocycles. The van der Waals surface area contributed by atoms with Crippen molar-refractivity contribution in [3.63, 3.8) is 0 Å². The summed E-state index contributed by atoms with van der Waals surface area (Å²) < 4.78 is 5.17. The lowest BCUT2D eigenvalue weighted by molar-refractivity contribution is 0.0737. The van der Waals surface area contributed by atoms with Gasteiger partial charge in [-0.2, -0.15) is 0 Å². The van der Waals surface area contributed by atoms with Crippen LogP contribution in [0.4, 0.5) is 0 Å². The van der Waals surface area contributed by atoms with Crippen LogP contribution < -0.4 is 0 Å². The minimum absolute atomic E-state index is 0.0168. The maximum atomic E-state index is 11.7. The molecule has 0 unspecified atom stereocenters. The van der Waals surface area contributed by atoms with Gasteiger partial charge in [-0.15, -0.1) is 0 Å². The first-order valence-electron chi connectivity index (χ1n) is 6.97. The molecule has 0 aliphatic heterocycles. The third-order valence-corrected chi connectivity index (χ3v) is 3.81. The summed E-state index contributed by atoms with van der Waals surface area (Å²) in [6.07, 6.45) is 7.46. The Labute approximate surface area is 117 Å². The van der Waals surface area contributed by atoms with Crippen LogP contribution in [0.2, 0.25) is 6.04 Å². The van der Waals surface area contributed by atoms with Crippen molar-refractivity contribution in [1.82, 2.24) is 0 Å². The molecular formula is C15H22O3Si. The van der Waals surface area contributed by atoms with Crippen LogP contribution in [-0.2, 0) is 4.43 Å². The zero-order valence-corrected chi connectivity index (χ0v) is 12.5. The molecule has 1 N–H and O–H groups in total. The molecule has 0 aromatic heterocycles. The van der Waals surface area contributed by atoms with E-state index in [1.807, 2.05) is 0 Å². The summed E-state index contributed by atoms with van der Waals surface area (Å²) in [5.74, 6) is -0.445. The summed E-state index contributed by atoms with van der Waals surface area (Å²) in [5, 5.41) is 9.51. The molecule has 0 saturated heterocycles. The number of rotatable bonds is 9. The standard InChI is InChI=1S/C15H22O3Si/c1-2-3-4-5-6-9-12-19-18-15(17)13-10-7-8-11-14(13)16/h7-8,10-11,16H,2-6,9,12H2,1H3. The third kappa shape index (κ3) is 6.43. The summed E-state index contributed by atoms with van der Waals surface area (Å²) in [6, 6.07) is 7.39. The number of hydrogen-bond donors (Lipinski definition) is 1. The van der Waals surface area contributed by atoms with Gasteiger partial charge < -0.3 is 9.53 Å². The van der Waals surface area contributed by atoms with E-state index in [2.05, 4.69) is 6.92 Å². The van der Waals surface area contributed by atoms with Gasteiger partial charge in [0.1, 0.15) is 5.75 Å². The monoisotopic (exact) mass is 278 g/mol. The maximum absolute atomic E-state index is 11.7. The second-order valence-electron chi connectivity index (χ2n) is 4.57. The van der Waals surface area contributed by atoms with Gasteiger partial charge >= 0.3 is 15.7 Å². The van der Waals surface area contributed by atoms with Gasteiger partial charge in [-0.1, -0.05) is 57.6 Å². The van der Waals surface area contributed by atoms with E-state index in [-0.39, 0.29) is 21.1 Å². The van der Waals surface area contributed by atoms with Gasteiger partial charge in [0.2, 0.25) is 0 Å². The topological polar surface area (TPSA) is 46.5 Å². The Bertz CT molecular complexity index is 379. The van der Waals surface area contributed by atoms with Gasteiger partial charge in [-0.25, -0.2) is 4.79 Å². The van der Waals surface area contributed by atoms with Crippen molar-refractivity contribution in [3.05, 3.63) is 29.8 Å². The van der Waals surface area contributed by atoms with Crippen molar-refractivity contribution in [3.8, 4) is 5.75 Å². The van der Waals surface area contributed by atoms with E-state index < -0.39 is 5.97 Å². The van der Waals surface area contributed by atoms with Crippen LogP contribution in [0.15, 0.2) is 24.3 Å². The van der Waals surface area contributed by atoms with E-state index in [1.54, 1.807) is 18.2 Å². The molecule has 1 aromatic rings. The van der Waals surface area contributed by atoms with E-state index in [0.29, 0.717) is 0 Å². The van der Waals surface area contributed by atoms with E-state index in [1.165, 1.54) is 38.2 Å². The molecule has 0 heterocycles. The Morgan fingerprint density at radius 2 is 1.84 bits per heavy atom. The zero-order valence-electron chi connectivity index (χ0n) is 11.5. The Morgan fingerprint density at radius 1 is 1.16 bits per heavy atom. The van der Waals surface area contributed by atoms with Gasteiger partial charge in [0.25, 0.3) is 0 Å². The highest BCUT2D eigenvalue weighted by molar-refractivity contribution is 6.31. The molecule has 0 atom stereocenters. The Balaban J connectivity index is 2.10. The van der Waals surface area contributed by atoms with Gasteiger partial charge in [0.05, 0.1) is 5.56 Å². The smallest absolute Gasteiger partial charge is 0.328 e. The number of hydrogen-bond acceptors (Lipinski definition) is 3. The molecule has 3 nitrogen and oxygen atoms in total. The Hall–Kier alpha value is -1.29. The third-order valence-electron chi connectivity index (χ3n) is 2.92. The molecule has 1 aromatic carbocycles. The summed E-state index contributed by atoms with van der Waals surface area (Å²) >= 11 is 0. The number of phenolic OH excluding ortho intramolecular Hbond substituents is 1. The molecule has 0 aliphatic carbocycles. The molecule has 1 rings (SSSR count). The second kappa shape index (κ2) is 9.61. The van der Waals surface area contributed by atoms with E-state index in [4.69, 9.17) is 4.43 Å². The summed E-state index contributed by atoms with van der Waals surface area (Å²) in [4.78, 5) is 11.7. The summed E-state index contributed by atoms with van der Waals surface area (Å²) in [7, 11) is 0.186. The molecule has 4 heteroatoms. The Kier molecular flexibility index (Phi) is 7.98. The minimum atomic E-state index is -0.428. The van der Waals surface area contributed by atoms with E-state index >= 15 is 0 Å². The zero-order chi connectivity index (χ0) is 13.9. The number of carbonyl (C=O) groups is 1. The first-order valence-corrected chi connectivity index (χ1v) is 8.09. The van der Waals surface area contributed by atoms with Gasteiger partial charge in [0, 0.05) is 0 Å². The fraction of sp³-hybridized carbons (Fsp3) is 0.533. The van der Waals surface area contributed by atoms with Crippen LogP contribution >= 0.6 is 0 Å². The van der Waals surface area contributed by atoms with Crippen LogP contribution in [0.25, 0.3) is 0 Å². The van der Waals surface area contributed by atoms with E-state index in [0.717, 1.165) is 12.5 Å². The van der Waals surface area contributed by atoms with Crippen LogP contribution in [-0.4, -0.2) is 20.8 Å². The normalized spacial score (nSPS) is 10.4. The summed E-state index contributed by atoms with van der Waals surface area (Å²) in [6.45, 7) is 2.21.